The predicted octanol–water partition coefficient (Wildman–Crippen LogP) is 4.63. The molecule has 2 aromatic carbocycles. The van der Waals surface area contributed by atoms with Crippen LogP contribution in [0.4, 0.5) is 51.7 Å². The van der Waals surface area contributed by atoms with Crippen LogP contribution >= 0.6 is 0 Å². The van der Waals surface area contributed by atoms with E-state index in [9.17, 15) is 45.1 Å². The smallest absolute Gasteiger partial charge is 0.407 e. The number of amides is 4. The van der Waals surface area contributed by atoms with Gasteiger partial charge >= 0.3 is 24.5 Å². The molecule has 1 atom stereocenters. The summed E-state index contributed by atoms with van der Waals surface area (Å²) in [5.41, 5.74) is -4.60. The van der Waals surface area contributed by atoms with Gasteiger partial charge in [0.2, 0.25) is 5.91 Å². The number of nitrogens with one attached hydrogen (secondary N) is 1. The summed E-state index contributed by atoms with van der Waals surface area (Å²) in [7, 11) is 1.09. The number of benzene rings is 2. The molecule has 38 heavy (non-hydrogen) atoms. The number of alkyl halides is 6. The molecule has 2 aromatic rings. The first-order valence-corrected chi connectivity index (χ1v) is 11.1. The Morgan fingerprint density at radius 2 is 1.68 bits per heavy atom. The maximum absolute atomic E-state index is 14.0. The number of carbonyl (C=O) groups is 3. The van der Waals surface area contributed by atoms with E-state index in [2.05, 4.69) is 5.32 Å². The molecule has 0 bridgehead atoms. The Hall–Kier alpha value is -4.04. The Kier molecular flexibility index (Phi) is 6.88. The SMILES string of the molecule is CN(C(=O)Oc1c(N2CCN(C3CCNC3=O)C2=O)cc(C(F)(F)F)cc1C(F)(F)F)c1ccc(F)cc1. The van der Waals surface area contributed by atoms with Crippen LogP contribution in [0.15, 0.2) is 36.4 Å². The van der Waals surface area contributed by atoms with Gasteiger partial charge in [-0.15, -0.1) is 0 Å². The normalized spacial score (nSPS) is 18.2. The third-order valence-corrected chi connectivity index (χ3v) is 6.11. The maximum Gasteiger partial charge on any atom is 0.420 e. The maximum atomic E-state index is 14.0. The zero-order valence-corrected chi connectivity index (χ0v) is 19.5. The number of nitrogens with zero attached hydrogens (tertiary/aromatic N) is 3. The van der Waals surface area contributed by atoms with E-state index < -0.39 is 64.8 Å². The van der Waals surface area contributed by atoms with Crippen LogP contribution in [0.5, 0.6) is 5.75 Å². The Morgan fingerprint density at radius 1 is 1.03 bits per heavy atom. The molecule has 4 rings (SSSR count). The topological polar surface area (TPSA) is 82.2 Å². The first kappa shape index (κ1) is 27.0. The minimum Gasteiger partial charge on any atom is -0.407 e. The highest BCUT2D eigenvalue weighted by Gasteiger charge is 2.45. The van der Waals surface area contributed by atoms with Crippen LogP contribution in [0.25, 0.3) is 0 Å². The molecule has 2 heterocycles. The molecule has 15 heteroatoms. The fourth-order valence-electron chi connectivity index (χ4n) is 4.17. The summed E-state index contributed by atoms with van der Waals surface area (Å²) in [5, 5.41) is 2.50. The summed E-state index contributed by atoms with van der Waals surface area (Å²) in [4.78, 5) is 40.3. The van der Waals surface area contributed by atoms with Gasteiger partial charge in [0.1, 0.15) is 17.4 Å². The first-order chi connectivity index (χ1) is 17.7. The molecular weight excluding hydrogens is 529 g/mol. The zero-order valence-electron chi connectivity index (χ0n) is 19.5. The molecule has 2 fully saturated rings. The highest BCUT2D eigenvalue weighted by Crippen LogP contribution is 2.47. The summed E-state index contributed by atoms with van der Waals surface area (Å²) in [6.45, 7) is -0.301. The number of urea groups is 1. The Balaban J connectivity index is 1.79. The molecule has 1 N–H and O–H groups in total. The van der Waals surface area contributed by atoms with Gasteiger partial charge in [-0.2, -0.15) is 26.3 Å². The average molecular weight is 548 g/mol. The van der Waals surface area contributed by atoms with Crippen LogP contribution in [0.3, 0.4) is 0 Å². The fraction of sp³-hybridized carbons (Fsp3) is 0.348. The van der Waals surface area contributed by atoms with Crippen molar-refractivity contribution < 1.29 is 49.9 Å². The number of ether oxygens (including phenoxy) is 1. The van der Waals surface area contributed by atoms with Crippen LogP contribution in [0, 0.1) is 5.82 Å². The zero-order chi connectivity index (χ0) is 28.0. The highest BCUT2D eigenvalue weighted by molar-refractivity contribution is 6.00. The monoisotopic (exact) mass is 548 g/mol. The van der Waals surface area contributed by atoms with E-state index in [4.69, 9.17) is 4.74 Å². The lowest BCUT2D eigenvalue weighted by molar-refractivity contribution is -0.143. The number of anilines is 2. The van der Waals surface area contributed by atoms with E-state index >= 15 is 0 Å². The van der Waals surface area contributed by atoms with Crippen molar-refractivity contribution in [2.75, 3.05) is 36.5 Å². The predicted molar refractivity (Wildman–Crippen MR) is 118 cm³/mol. The van der Waals surface area contributed by atoms with Crippen molar-refractivity contribution in [1.29, 1.82) is 0 Å². The first-order valence-electron chi connectivity index (χ1n) is 11.1. The lowest BCUT2D eigenvalue weighted by Crippen LogP contribution is -2.43. The molecule has 0 aromatic heterocycles. The van der Waals surface area contributed by atoms with Gasteiger partial charge in [0, 0.05) is 32.4 Å². The summed E-state index contributed by atoms with van der Waals surface area (Å²) in [5.74, 6) is -2.49. The van der Waals surface area contributed by atoms with Gasteiger partial charge < -0.3 is 15.0 Å². The second-order valence-corrected chi connectivity index (χ2v) is 8.49. The van der Waals surface area contributed by atoms with Crippen molar-refractivity contribution in [1.82, 2.24) is 10.2 Å². The van der Waals surface area contributed by atoms with E-state index in [0.29, 0.717) is 9.80 Å². The summed E-state index contributed by atoms with van der Waals surface area (Å²) < 4.78 is 101. The van der Waals surface area contributed by atoms with E-state index in [1.54, 1.807) is 0 Å². The highest BCUT2D eigenvalue weighted by atomic mass is 19.4. The summed E-state index contributed by atoms with van der Waals surface area (Å²) in [6, 6.07) is 2.30. The molecule has 0 aliphatic carbocycles. The van der Waals surface area contributed by atoms with Crippen molar-refractivity contribution in [3.8, 4) is 5.75 Å². The molecule has 1 unspecified atom stereocenters. The molecule has 4 amide bonds. The molecule has 2 aliphatic rings. The van der Waals surface area contributed by atoms with Crippen molar-refractivity contribution in [2.24, 2.45) is 0 Å². The average Bonchev–Trinajstić information content (AvgIpc) is 3.42. The summed E-state index contributed by atoms with van der Waals surface area (Å²) in [6.07, 6.45) is -11.9. The minimum absolute atomic E-state index is 0.00842. The van der Waals surface area contributed by atoms with Crippen molar-refractivity contribution in [3.05, 3.63) is 53.3 Å². The van der Waals surface area contributed by atoms with Gasteiger partial charge in [0.25, 0.3) is 0 Å². The van der Waals surface area contributed by atoms with Gasteiger partial charge in [-0.05, 0) is 42.8 Å². The lowest BCUT2D eigenvalue weighted by atomic mass is 10.1. The third kappa shape index (κ3) is 5.17. The molecular formula is C23H19F7N4O4. The molecule has 2 aliphatic heterocycles. The van der Waals surface area contributed by atoms with Crippen molar-refractivity contribution in [3.63, 3.8) is 0 Å². The summed E-state index contributed by atoms with van der Waals surface area (Å²) >= 11 is 0. The molecule has 8 nitrogen and oxygen atoms in total. The van der Waals surface area contributed by atoms with Gasteiger partial charge in [-0.3, -0.25) is 14.6 Å². The fourth-order valence-corrected chi connectivity index (χ4v) is 4.17. The largest absolute Gasteiger partial charge is 0.420 e. The Labute approximate surface area is 210 Å². The van der Waals surface area contributed by atoms with E-state index in [0.717, 1.165) is 36.2 Å². The van der Waals surface area contributed by atoms with Gasteiger partial charge in [0.05, 0.1) is 11.3 Å². The van der Waals surface area contributed by atoms with Crippen LogP contribution in [-0.4, -0.2) is 55.7 Å². The second-order valence-electron chi connectivity index (χ2n) is 8.49. The molecule has 0 saturated carbocycles. The number of rotatable bonds is 4. The van der Waals surface area contributed by atoms with Gasteiger partial charge in [0.15, 0.2) is 5.75 Å². The minimum atomic E-state index is -5.42. The van der Waals surface area contributed by atoms with Crippen LogP contribution in [0.1, 0.15) is 17.5 Å². The van der Waals surface area contributed by atoms with Crippen molar-refractivity contribution >= 4 is 29.4 Å². The van der Waals surface area contributed by atoms with Crippen LogP contribution < -0.4 is 19.9 Å². The van der Waals surface area contributed by atoms with Gasteiger partial charge in [-0.25, -0.2) is 14.0 Å². The molecule has 0 radical (unpaired) electrons. The third-order valence-electron chi connectivity index (χ3n) is 6.11. The molecule has 204 valence electrons. The van der Waals surface area contributed by atoms with Crippen LogP contribution in [0.2, 0.25) is 0 Å². The van der Waals surface area contributed by atoms with E-state index in [1.807, 2.05) is 0 Å². The molecule has 2 saturated heterocycles. The Morgan fingerprint density at radius 3 is 2.24 bits per heavy atom. The lowest BCUT2D eigenvalue weighted by Gasteiger charge is -2.26. The van der Waals surface area contributed by atoms with Crippen molar-refractivity contribution in [2.45, 2.75) is 24.8 Å². The number of halogens is 7. The second kappa shape index (κ2) is 9.68. The number of hydrogen-bond acceptors (Lipinski definition) is 4. The number of hydrogen-bond donors (Lipinski definition) is 1. The van der Waals surface area contributed by atoms with Gasteiger partial charge in [-0.1, -0.05) is 0 Å². The molecule has 0 spiro atoms. The van der Waals surface area contributed by atoms with Crippen LogP contribution in [-0.2, 0) is 17.1 Å². The Bertz CT molecular complexity index is 1260. The standard InChI is InChI=1S/C23H19F7N4O4/c1-32(14-4-2-13(24)3-5-14)21(37)38-18-15(23(28,29)30)10-12(22(25,26)27)11-17(18)34-9-8-33(20(34)36)16-6-7-31-19(16)35/h2-5,10-11,16H,6-9H2,1H3,(H,31,35). The van der Waals surface area contributed by atoms with E-state index in [1.165, 1.54) is 0 Å². The number of carbonyl (C=O) groups excluding carboxylic acids is 3. The van der Waals surface area contributed by atoms with E-state index in [-0.39, 0.29) is 43.9 Å². The quantitative estimate of drug-likeness (QED) is 0.566.